The van der Waals surface area contributed by atoms with Gasteiger partial charge in [0.2, 0.25) is 0 Å². The molecule has 2 N–H and O–H groups in total. The third-order valence-electron chi connectivity index (χ3n) is 3.36. The number of benzene rings is 2. The number of nitrogens with one attached hydrogen (secondary N) is 2. The van der Waals surface area contributed by atoms with Gasteiger partial charge in [-0.3, -0.25) is 30.6 Å². The van der Waals surface area contributed by atoms with Crippen LogP contribution in [0.5, 0.6) is 0 Å². The minimum atomic E-state index is -1.32. The average molecular weight is 392 g/mol. The van der Waals surface area contributed by atoms with Crippen molar-refractivity contribution in [3.63, 3.8) is 0 Å². The first-order chi connectivity index (χ1) is 12.8. The van der Waals surface area contributed by atoms with Gasteiger partial charge < -0.3 is 4.74 Å². The van der Waals surface area contributed by atoms with E-state index < -0.39 is 34.5 Å². The first kappa shape index (κ1) is 19.9. The molecule has 0 spiro atoms. The van der Waals surface area contributed by atoms with Crippen LogP contribution in [0.25, 0.3) is 0 Å². The molecule has 0 saturated heterocycles. The third-order valence-corrected chi connectivity index (χ3v) is 3.60. The van der Waals surface area contributed by atoms with Gasteiger partial charge in [-0.15, -0.1) is 0 Å². The van der Waals surface area contributed by atoms with E-state index in [0.29, 0.717) is 5.56 Å². The quantitative estimate of drug-likeness (QED) is 0.457. The van der Waals surface area contributed by atoms with Crippen molar-refractivity contribution >= 4 is 35.1 Å². The topological polar surface area (TPSA) is 128 Å². The zero-order chi connectivity index (χ0) is 20.0. The fourth-order valence-corrected chi connectivity index (χ4v) is 2.15. The number of hydrogen-bond donors (Lipinski definition) is 2. The van der Waals surface area contributed by atoms with Gasteiger partial charge in [-0.25, -0.2) is 4.79 Å². The smallest absolute Gasteiger partial charge is 0.345 e. The molecule has 2 amide bonds. The second kappa shape index (κ2) is 8.77. The molecule has 9 nitrogen and oxygen atoms in total. The van der Waals surface area contributed by atoms with Crippen molar-refractivity contribution in [1.82, 2.24) is 10.9 Å². The minimum Gasteiger partial charge on any atom is -0.449 e. The van der Waals surface area contributed by atoms with E-state index in [9.17, 15) is 24.5 Å². The largest absolute Gasteiger partial charge is 0.449 e. The Hall–Kier alpha value is -3.46. The van der Waals surface area contributed by atoms with E-state index in [2.05, 4.69) is 10.9 Å². The number of carbonyl (C=O) groups excluding carboxylic acids is 3. The van der Waals surface area contributed by atoms with Crippen molar-refractivity contribution in [2.45, 2.75) is 13.0 Å². The highest BCUT2D eigenvalue weighted by atomic mass is 35.5. The van der Waals surface area contributed by atoms with Gasteiger partial charge in [-0.1, -0.05) is 29.8 Å². The van der Waals surface area contributed by atoms with E-state index in [1.165, 1.54) is 13.0 Å². The maximum atomic E-state index is 12.1. The van der Waals surface area contributed by atoms with Crippen molar-refractivity contribution in [2.75, 3.05) is 0 Å². The number of amides is 2. The number of nitro benzene ring substituents is 1. The maximum absolute atomic E-state index is 12.1. The predicted octanol–water partition coefficient (Wildman–Crippen LogP) is 2.25. The standard InChI is InChI=1S/C17H14ClN3O6/c1-10(15(22)19-20-16(23)11-5-3-2-4-6-11)27-17(24)13-8-7-12(18)9-14(13)21(25)26/h2-10H,1H3,(H,19,22)(H,20,23)/t10-/m0/s1. The zero-order valence-corrected chi connectivity index (χ0v) is 14.7. The van der Waals surface area contributed by atoms with Crippen LogP contribution in [0.2, 0.25) is 5.02 Å². The van der Waals surface area contributed by atoms with Crippen molar-refractivity contribution < 1.29 is 24.0 Å². The summed E-state index contributed by atoms with van der Waals surface area (Å²) in [5.74, 6) is -2.45. The summed E-state index contributed by atoms with van der Waals surface area (Å²) in [5, 5.41) is 11.1. The fourth-order valence-electron chi connectivity index (χ4n) is 1.99. The van der Waals surface area contributed by atoms with Crippen LogP contribution < -0.4 is 10.9 Å². The summed E-state index contributed by atoms with van der Waals surface area (Å²) in [5.41, 5.74) is 3.71. The number of nitro groups is 1. The molecule has 10 heteroatoms. The molecule has 140 valence electrons. The van der Waals surface area contributed by atoms with Gasteiger partial charge in [0, 0.05) is 16.7 Å². The summed E-state index contributed by atoms with van der Waals surface area (Å²) < 4.78 is 4.92. The molecule has 0 bridgehead atoms. The Bertz CT molecular complexity index is 887. The number of carbonyl (C=O) groups is 3. The molecule has 0 saturated carbocycles. The predicted molar refractivity (Wildman–Crippen MR) is 95.0 cm³/mol. The molecule has 0 aliphatic heterocycles. The van der Waals surface area contributed by atoms with Crippen LogP contribution in [0.15, 0.2) is 48.5 Å². The monoisotopic (exact) mass is 391 g/mol. The molecule has 0 heterocycles. The second-order valence-electron chi connectivity index (χ2n) is 5.28. The van der Waals surface area contributed by atoms with Crippen LogP contribution in [0, 0.1) is 10.1 Å². The summed E-state index contributed by atoms with van der Waals surface area (Å²) in [6.07, 6.45) is -1.32. The van der Waals surface area contributed by atoms with Crippen molar-refractivity contribution in [3.05, 3.63) is 74.8 Å². The third kappa shape index (κ3) is 5.25. The summed E-state index contributed by atoms with van der Waals surface area (Å²) in [6.45, 7) is 1.25. The van der Waals surface area contributed by atoms with E-state index in [-0.39, 0.29) is 10.6 Å². The number of hydrogen-bond acceptors (Lipinski definition) is 6. The fraction of sp³-hybridized carbons (Fsp3) is 0.118. The number of nitrogens with zero attached hydrogens (tertiary/aromatic N) is 1. The average Bonchev–Trinajstić information content (AvgIpc) is 2.66. The van der Waals surface area contributed by atoms with Crippen LogP contribution in [0.1, 0.15) is 27.6 Å². The number of ether oxygens (including phenoxy) is 1. The summed E-state index contributed by atoms with van der Waals surface area (Å²) in [7, 11) is 0. The summed E-state index contributed by atoms with van der Waals surface area (Å²) in [6, 6.07) is 11.5. The lowest BCUT2D eigenvalue weighted by Crippen LogP contribution is -2.46. The summed E-state index contributed by atoms with van der Waals surface area (Å²) >= 11 is 5.68. The van der Waals surface area contributed by atoms with Crippen LogP contribution in [0.3, 0.4) is 0 Å². The van der Waals surface area contributed by atoms with Crippen LogP contribution in [0.4, 0.5) is 5.69 Å². The van der Waals surface area contributed by atoms with E-state index in [0.717, 1.165) is 12.1 Å². The highest BCUT2D eigenvalue weighted by Gasteiger charge is 2.26. The maximum Gasteiger partial charge on any atom is 0.345 e. The van der Waals surface area contributed by atoms with Gasteiger partial charge in [-0.05, 0) is 31.2 Å². The lowest BCUT2D eigenvalue weighted by molar-refractivity contribution is -0.385. The number of esters is 1. The molecule has 2 rings (SSSR count). The van der Waals surface area contributed by atoms with Gasteiger partial charge in [0.25, 0.3) is 17.5 Å². The molecular weight excluding hydrogens is 378 g/mol. The normalized spacial score (nSPS) is 11.2. The molecule has 0 unspecified atom stereocenters. The minimum absolute atomic E-state index is 0.0765. The van der Waals surface area contributed by atoms with E-state index in [1.807, 2.05) is 0 Å². The number of hydrazine groups is 1. The molecule has 0 aliphatic rings. The van der Waals surface area contributed by atoms with Gasteiger partial charge in [0.05, 0.1) is 4.92 Å². The van der Waals surface area contributed by atoms with Gasteiger partial charge in [0.1, 0.15) is 5.56 Å². The number of rotatable bonds is 5. The second-order valence-corrected chi connectivity index (χ2v) is 5.71. The Morgan fingerprint density at radius 1 is 1.11 bits per heavy atom. The van der Waals surface area contributed by atoms with Gasteiger partial charge in [0.15, 0.2) is 6.10 Å². The van der Waals surface area contributed by atoms with Crippen molar-refractivity contribution in [3.8, 4) is 0 Å². The van der Waals surface area contributed by atoms with Crippen LogP contribution in [-0.4, -0.2) is 28.8 Å². The van der Waals surface area contributed by atoms with Crippen LogP contribution in [-0.2, 0) is 9.53 Å². The molecular formula is C17H14ClN3O6. The Labute approximate surface area is 158 Å². The first-order valence-corrected chi connectivity index (χ1v) is 7.97. The molecule has 2 aromatic carbocycles. The Balaban J connectivity index is 1.97. The lowest BCUT2D eigenvalue weighted by atomic mass is 10.2. The van der Waals surface area contributed by atoms with Crippen molar-refractivity contribution in [2.24, 2.45) is 0 Å². The Morgan fingerprint density at radius 3 is 2.41 bits per heavy atom. The lowest BCUT2D eigenvalue weighted by Gasteiger charge is -2.14. The Morgan fingerprint density at radius 2 is 1.78 bits per heavy atom. The molecule has 0 radical (unpaired) electrons. The number of halogens is 1. The first-order valence-electron chi connectivity index (χ1n) is 7.59. The molecule has 0 aromatic heterocycles. The van der Waals surface area contributed by atoms with Gasteiger partial charge >= 0.3 is 5.97 Å². The van der Waals surface area contributed by atoms with E-state index >= 15 is 0 Å². The molecule has 27 heavy (non-hydrogen) atoms. The highest BCUT2D eigenvalue weighted by Crippen LogP contribution is 2.24. The van der Waals surface area contributed by atoms with E-state index in [1.54, 1.807) is 30.3 Å². The molecule has 0 aliphatic carbocycles. The van der Waals surface area contributed by atoms with Crippen LogP contribution >= 0.6 is 11.6 Å². The Kier molecular flexibility index (Phi) is 6.45. The molecule has 2 aromatic rings. The molecule has 1 atom stereocenters. The highest BCUT2D eigenvalue weighted by molar-refractivity contribution is 6.31. The van der Waals surface area contributed by atoms with Crippen molar-refractivity contribution in [1.29, 1.82) is 0 Å². The molecule has 0 fully saturated rings. The van der Waals surface area contributed by atoms with E-state index in [4.69, 9.17) is 16.3 Å². The summed E-state index contributed by atoms with van der Waals surface area (Å²) in [4.78, 5) is 46.2. The SMILES string of the molecule is C[C@H](OC(=O)c1ccc(Cl)cc1[N+](=O)[O-])C(=O)NNC(=O)c1ccccc1. The zero-order valence-electron chi connectivity index (χ0n) is 14.0. The van der Waals surface area contributed by atoms with Gasteiger partial charge in [-0.2, -0.15) is 0 Å².